The lowest BCUT2D eigenvalue weighted by Crippen LogP contribution is -2.15. The molecule has 3 aromatic rings. The van der Waals surface area contributed by atoms with Gasteiger partial charge < -0.3 is 9.88 Å². The third-order valence-corrected chi connectivity index (χ3v) is 5.57. The molecule has 3 rings (SSSR count). The molecule has 2 amide bonds. The van der Waals surface area contributed by atoms with Crippen LogP contribution in [-0.2, 0) is 18.3 Å². The molecule has 0 radical (unpaired) electrons. The maximum absolute atomic E-state index is 12.2. The van der Waals surface area contributed by atoms with Crippen LogP contribution in [0.4, 0.5) is 10.8 Å². The van der Waals surface area contributed by atoms with E-state index in [-0.39, 0.29) is 17.6 Å². The predicted molar refractivity (Wildman–Crippen MR) is 106 cm³/mol. The quantitative estimate of drug-likeness (QED) is 0.589. The molecule has 0 atom stereocenters. The van der Waals surface area contributed by atoms with Crippen molar-refractivity contribution in [1.82, 2.24) is 19.7 Å². The molecule has 0 aliphatic heterocycles. The zero-order valence-corrected chi connectivity index (χ0v) is 16.4. The lowest BCUT2D eigenvalue weighted by atomic mass is 10.2. The molecule has 0 bridgehead atoms. The molecule has 0 saturated carbocycles. The molecule has 27 heavy (non-hydrogen) atoms. The highest BCUT2D eigenvalue weighted by Gasteiger charge is 2.11. The normalized spacial score (nSPS) is 10.6. The van der Waals surface area contributed by atoms with Crippen molar-refractivity contribution in [2.24, 2.45) is 7.05 Å². The van der Waals surface area contributed by atoms with Gasteiger partial charge >= 0.3 is 0 Å². The van der Waals surface area contributed by atoms with E-state index in [2.05, 4.69) is 25.8 Å². The van der Waals surface area contributed by atoms with Crippen molar-refractivity contribution in [1.29, 1.82) is 0 Å². The SMILES string of the molecule is CCc1nnc(NC(=O)c2ccc(NC(=O)CSc3nccn3C)cc2)s1. The predicted octanol–water partition coefficient (Wildman–Crippen LogP) is 2.82. The second-order valence-electron chi connectivity index (χ2n) is 5.54. The van der Waals surface area contributed by atoms with E-state index in [1.54, 1.807) is 30.5 Å². The topological polar surface area (TPSA) is 102 Å². The molecule has 10 heteroatoms. The molecule has 0 spiro atoms. The van der Waals surface area contributed by atoms with Crippen LogP contribution in [0.2, 0.25) is 0 Å². The van der Waals surface area contributed by atoms with E-state index < -0.39 is 0 Å². The summed E-state index contributed by atoms with van der Waals surface area (Å²) in [5.41, 5.74) is 1.10. The van der Waals surface area contributed by atoms with Crippen LogP contribution in [0.5, 0.6) is 0 Å². The van der Waals surface area contributed by atoms with Gasteiger partial charge in [-0.05, 0) is 30.7 Å². The third-order valence-electron chi connectivity index (χ3n) is 3.53. The fraction of sp³-hybridized carbons (Fsp3) is 0.235. The minimum absolute atomic E-state index is 0.138. The summed E-state index contributed by atoms with van der Waals surface area (Å²) in [6.45, 7) is 1.98. The molecule has 140 valence electrons. The number of hydrogen-bond donors (Lipinski definition) is 2. The number of aryl methyl sites for hydroxylation is 2. The lowest BCUT2D eigenvalue weighted by molar-refractivity contribution is -0.113. The van der Waals surface area contributed by atoms with E-state index in [1.807, 2.05) is 24.7 Å². The molecule has 0 saturated heterocycles. The van der Waals surface area contributed by atoms with Gasteiger partial charge in [-0.15, -0.1) is 10.2 Å². The Morgan fingerprint density at radius 1 is 1.19 bits per heavy atom. The summed E-state index contributed by atoms with van der Waals surface area (Å²) in [6, 6.07) is 6.68. The monoisotopic (exact) mass is 402 g/mol. The van der Waals surface area contributed by atoms with Crippen molar-refractivity contribution in [3.63, 3.8) is 0 Å². The molecule has 8 nitrogen and oxygen atoms in total. The van der Waals surface area contributed by atoms with Gasteiger partial charge in [0.1, 0.15) is 5.01 Å². The first-order valence-electron chi connectivity index (χ1n) is 8.19. The van der Waals surface area contributed by atoms with Crippen LogP contribution in [0.3, 0.4) is 0 Å². The summed E-state index contributed by atoms with van der Waals surface area (Å²) >= 11 is 2.71. The third kappa shape index (κ3) is 5.14. The van der Waals surface area contributed by atoms with Crippen LogP contribution in [-0.4, -0.2) is 37.3 Å². The van der Waals surface area contributed by atoms with E-state index in [4.69, 9.17) is 0 Å². The summed E-state index contributed by atoms with van der Waals surface area (Å²) < 4.78 is 1.85. The Labute approximate surface area is 164 Å². The highest BCUT2D eigenvalue weighted by atomic mass is 32.2. The van der Waals surface area contributed by atoms with Crippen molar-refractivity contribution in [2.75, 3.05) is 16.4 Å². The van der Waals surface area contributed by atoms with Gasteiger partial charge in [-0.2, -0.15) is 0 Å². The summed E-state index contributed by atoms with van der Waals surface area (Å²) in [5.74, 6) is -0.151. The number of carbonyl (C=O) groups excluding carboxylic acids is 2. The number of benzene rings is 1. The maximum atomic E-state index is 12.2. The molecule has 2 N–H and O–H groups in total. The van der Waals surface area contributed by atoms with Crippen LogP contribution < -0.4 is 10.6 Å². The number of anilines is 2. The number of imidazole rings is 1. The Bertz CT molecular complexity index is 935. The van der Waals surface area contributed by atoms with Crippen LogP contribution >= 0.6 is 23.1 Å². The zero-order chi connectivity index (χ0) is 19.2. The molecule has 0 aliphatic carbocycles. The molecular formula is C17H18N6O2S2. The Morgan fingerprint density at radius 2 is 1.96 bits per heavy atom. The number of nitrogens with zero attached hydrogens (tertiary/aromatic N) is 4. The number of nitrogens with one attached hydrogen (secondary N) is 2. The summed E-state index contributed by atoms with van der Waals surface area (Å²) in [5, 5.41) is 15.5. The van der Waals surface area contributed by atoms with Gasteiger partial charge in [-0.1, -0.05) is 30.0 Å². The number of carbonyl (C=O) groups is 2. The van der Waals surface area contributed by atoms with Gasteiger partial charge in [0, 0.05) is 30.7 Å². The van der Waals surface area contributed by atoms with Crippen LogP contribution in [0.1, 0.15) is 22.3 Å². The van der Waals surface area contributed by atoms with Crippen LogP contribution in [0.15, 0.2) is 41.8 Å². The number of hydrogen-bond acceptors (Lipinski definition) is 7. The fourth-order valence-corrected chi connectivity index (χ4v) is 3.55. The lowest BCUT2D eigenvalue weighted by Gasteiger charge is -2.06. The first-order chi connectivity index (χ1) is 13.0. The van der Waals surface area contributed by atoms with Gasteiger partial charge in [0.25, 0.3) is 5.91 Å². The van der Waals surface area contributed by atoms with E-state index in [1.165, 1.54) is 23.1 Å². The minimum atomic E-state index is -0.267. The van der Waals surface area contributed by atoms with E-state index in [0.29, 0.717) is 16.4 Å². The number of thioether (sulfide) groups is 1. The largest absolute Gasteiger partial charge is 0.329 e. The van der Waals surface area contributed by atoms with Crippen LogP contribution in [0, 0.1) is 0 Å². The van der Waals surface area contributed by atoms with Gasteiger partial charge in [-0.25, -0.2) is 4.98 Å². The molecule has 2 aromatic heterocycles. The summed E-state index contributed by atoms with van der Waals surface area (Å²) in [7, 11) is 1.88. The molecule has 0 aliphatic rings. The Kier molecular flexibility index (Phi) is 6.20. The van der Waals surface area contributed by atoms with Crippen molar-refractivity contribution < 1.29 is 9.59 Å². The summed E-state index contributed by atoms with van der Waals surface area (Å²) in [6.07, 6.45) is 4.30. The first kappa shape index (κ1) is 19.1. The smallest absolute Gasteiger partial charge is 0.257 e. The average Bonchev–Trinajstić information content (AvgIpc) is 3.29. The standard InChI is InChI=1S/C17H18N6O2S2/c1-3-14-21-22-16(27-14)20-15(25)11-4-6-12(7-5-11)19-13(24)10-26-17-18-8-9-23(17)2/h4-9H,3,10H2,1-2H3,(H,19,24)(H,20,22,25). The van der Waals surface area contributed by atoms with Crippen molar-refractivity contribution in [3.8, 4) is 0 Å². The van der Waals surface area contributed by atoms with E-state index >= 15 is 0 Å². The number of aromatic nitrogens is 4. The van der Waals surface area contributed by atoms with Crippen LogP contribution in [0.25, 0.3) is 0 Å². The fourth-order valence-electron chi connectivity index (χ4n) is 2.14. The number of amides is 2. The van der Waals surface area contributed by atoms with Gasteiger partial charge in [0.2, 0.25) is 11.0 Å². The molecule has 1 aromatic carbocycles. The summed E-state index contributed by atoms with van der Waals surface area (Å²) in [4.78, 5) is 28.4. The van der Waals surface area contributed by atoms with E-state index in [9.17, 15) is 9.59 Å². The Hall–Kier alpha value is -2.72. The second-order valence-corrected chi connectivity index (χ2v) is 7.55. The van der Waals surface area contributed by atoms with Crippen molar-refractivity contribution >= 4 is 45.7 Å². The molecule has 0 fully saturated rings. The Balaban J connectivity index is 1.52. The van der Waals surface area contributed by atoms with Gasteiger partial charge in [0.15, 0.2) is 5.16 Å². The first-order valence-corrected chi connectivity index (χ1v) is 9.99. The second kappa shape index (κ2) is 8.78. The van der Waals surface area contributed by atoms with Gasteiger partial charge in [0.05, 0.1) is 5.75 Å². The number of rotatable bonds is 7. The average molecular weight is 403 g/mol. The molecule has 0 unspecified atom stereocenters. The molecule has 2 heterocycles. The zero-order valence-electron chi connectivity index (χ0n) is 14.8. The maximum Gasteiger partial charge on any atom is 0.257 e. The highest BCUT2D eigenvalue weighted by Crippen LogP contribution is 2.18. The Morgan fingerprint density at radius 3 is 2.59 bits per heavy atom. The molecular weight excluding hydrogens is 384 g/mol. The van der Waals surface area contributed by atoms with Gasteiger partial charge in [-0.3, -0.25) is 14.9 Å². The highest BCUT2D eigenvalue weighted by molar-refractivity contribution is 7.99. The van der Waals surface area contributed by atoms with E-state index in [0.717, 1.165) is 16.6 Å². The van der Waals surface area contributed by atoms with Crippen molar-refractivity contribution in [2.45, 2.75) is 18.5 Å². The van der Waals surface area contributed by atoms with Crippen molar-refractivity contribution in [3.05, 3.63) is 47.2 Å². The minimum Gasteiger partial charge on any atom is -0.329 e.